The van der Waals surface area contributed by atoms with Gasteiger partial charge in [0.15, 0.2) is 10.9 Å². The van der Waals surface area contributed by atoms with Crippen molar-refractivity contribution < 1.29 is 9.53 Å². The third kappa shape index (κ3) is 3.78. The highest BCUT2D eigenvalue weighted by Gasteiger charge is 2.13. The van der Waals surface area contributed by atoms with Gasteiger partial charge in [-0.05, 0) is 31.2 Å². The third-order valence-corrected chi connectivity index (χ3v) is 3.82. The van der Waals surface area contributed by atoms with Crippen molar-refractivity contribution in [2.75, 3.05) is 0 Å². The van der Waals surface area contributed by atoms with Crippen LogP contribution in [0.1, 0.15) is 6.92 Å². The zero-order valence-electron chi connectivity index (χ0n) is 10.5. The summed E-state index contributed by atoms with van der Waals surface area (Å²) in [6.07, 6.45) is 1.25. The Balaban J connectivity index is 2.08. The van der Waals surface area contributed by atoms with Crippen molar-refractivity contribution in [3.8, 4) is 5.75 Å². The summed E-state index contributed by atoms with van der Waals surface area (Å²) in [7, 11) is 1.85. The van der Waals surface area contributed by atoms with Gasteiger partial charge < -0.3 is 9.30 Å². The van der Waals surface area contributed by atoms with E-state index in [-0.39, 0.29) is 5.91 Å². The third-order valence-electron chi connectivity index (χ3n) is 2.44. The average Bonchev–Trinajstić information content (AvgIpc) is 2.78. The van der Waals surface area contributed by atoms with Crippen LogP contribution in [0.5, 0.6) is 5.75 Å². The van der Waals surface area contributed by atoms with Crippen LogP contribution in [0, 0.1) is 0 Å². The Bertz CT molecular complexity index is 631. The maximum absolute atomic E-state index is 11.9. The lowest BCUT2D eigenvalue weighted by atomic mass is 10.3. The summed E-state index contributed by atoms with van der Waals surface area (Å²) < 4.78 is 8.32. The van der Waals surface area contributed by atoms with E-state index in [1.165, 1.54) is 11.3 Å². The molecular formula is C13H13BrN2O2S. The van der Waals surface area contributed by atoms with Crippen molar-refractivity contribution in [1.29, 1.82) is 0 Å². The number of nitrogens with zero attached hydrogens (tertiary/aromatic N) is 2. The van der Waals surface area contributed by atoms with Gasteiger partial charge >= 0.3 is 0 Å². The minimum Gasteiger partial charge on any atom is -0.481 e. The first-order chi connectivity index (χ1) is 9.06. The average molecular weight is 341 g/mol. The van der Waals surface area contributed by atoms with E-state index >= 15 is 0 Å². The van der Waals surface area contributed by atoms with E-state index in [9.17, 15) is 4.79 Å². The molecule has 0 bridgehead atoms. The van der Waals surface area contributed by atoms with Crippen molar-refractivity contribution in [1.82, 2.24) is 4.57 Å². The molecule has 19 heavy (non-hydrogen) atoms. The zero-order chi connectivity index (χ0) is 13.8. The number of carbonyl (C=O) groups is 1. The molecule has 1 atom stereocenters. The van der Waals surface area contributed by atoms with E-state index in [1.807, 2.05) is 30.8 Å². The van der Waals surface area contributed by atoms with E-state index in [0.717, 1.165) is 4.47 Å². The SMILES string of the molecule is CC(Oc1ccc(Br)cc1)C(=O)N=c1sccn1C. The van der Waals surface area contributed by atoms with Crippen molar-refractivity contribution in [3.63, 3.8) is 0 Å². The van der Waals surface area contributed by atoms with Gasteiger partial charge in [0, 0.05) is 23.1 Å². The first-order valence-corrected chi connectivity index (χ1v) is 7.34. The zero-order valence-corrected chi connectivity index (χ0v) is 12.9. The van der Waals surface area contributed by atoms with Crippen LogP contribution in [0.3, 0.4) is 0 Å². The van der Waals surface area contributed by atoms with Gasteiger partial charge in [-0.2, -0.15) is 4.99 Å². The summed E-state index contributed by atoms with van der Waals surface area (Å²) in [4.78, 5) is 16.6. The molecule has 0 aliphatic carbocycles. The van der Waals surface area contributed by atoms with Gasteiger partial charge in [0.05, 0.1) is 0 Å². The number of benzene rings is 1. The number of carbonyl (C=O) groups excluding carboxylic acids is 1. The van der Waals surface area contributed by atoms with Gasteiger partial charge in [0.2, 0.25) is 0 Å². The van der Waals surface area contributed by atoms with Gasteiger partial charge in [0.1, 0.15) is 5.75 Å². The quantitative estimate of drug-likeness (QED) is 0.862. The molecule has 4 nitrogen and oxygen atoms in total. The number of aromatic nitrogens is 1. The molecule has 1 aromatic heterocycles. The molecule has 0 spiro atoms. The number of rotatable bonds is 3. The normalized spacial score (nSPS) is 13.3. The van der Waals surface area contributed by atoms with Crippen LogP contribution in [0.15, 0.2) is 45.3 Å². The molecule has 0 saturated carbocycles. The fourth-order valence-corrected chi connectivity index (χ4v) is 2.39. The second-order valence-electron chi connectivity index (χ2n) is 3.96. The molecule has 0 radical (unpaired) electrons. The van der Waals surface area contributed by atoms with Crippen LogP contribution >= 0.6 is 27.3 Å². The highest BCUT2D eigenvalue weighted by atomic mass is 79.9. The lowest BCUT2D eigenvalue weighted by molar-refractivity contribution is -0.124. The Hall–Kier alpha value is -1.40. The van der Waals surface area contributed by atoms with E-state index in [1.54, 1.807) is 23.6 Å². The number of thiazole rings is 1. The van der Waals surface area contributed by atoms with Crippen molar-refractivity contribution in [2.45, 2.75) is 13.0 Å². The highest BCUT2D eigenvalue weighted by molar-refractivity contribution is 9.10. The largest absolute Gasteiger partial charge is 0.481 e. The molecule has 1 amide bonds. The number of aryl methyl sites for hydroxylation is 1. The second kappa shape index (κ2) is 6.16. The number of hydrogen-bond acceptors (Lipinski definition) is 3. The molecule has 0 saturated heterocycles. The maximum atomic E-state index is 11.9. The van der Waals surface area contributed by atoms with E-state index in [2.05, 4.69) is 20.9 Å². The first-order valence-electron chi connectivity index (χ1n) is 5.67. The molecule has 0 aliphatic heterocycles. The lowest BCUT2D eigenvalue weighted by Gasteiger charge is -2.10. The molecule has 2 aromatic rings. The molecule has 1 aromatic carbocycles. The molecule has 0 aliphatic rings. The van der Waals surface area contributed by atoms with Gasteiger partial charge in [-0.1, -0.05) is 15.9 Å². The fraction of sp³-hybridized carbons (Fsp3) is 0.231. The van der Waals surface area contributed by atoms with Gasteiger partial charge in [-0.15, -0.1) is 11.3 Å². The molecule has 0 N–H and O–H groups in total. The lowest BCUT2D eigenvalue weighted by Crippen LogP contribution is -2.25. The Morgan fingerprint density at radius 3 is 2.68 bits per heavy atom. The monoisotopic (exact) mass is 340 g/mol. The second-order valence-corrected chi connectivity index (χ2v) is 5.75. The maximum Gasteiger partial charge on any atom is 0.289 e. The number of halogens is 1. The summed E-state index contributed by atoms with van der Waals surface area (Å²) in [6, 6.07) is 7.34. The topological polar surface area (TPSA) is 43.6 Å². The van der Waals surface area contributed by atoms with Crippen LogP contribution in [0.25, 0.3) is 0 Å². The van der Waals surface area contributed by atoms with Crippen LogP contribution in [0.4, 0.5) is 0 Å². The highest BCUT2D eigenvalue weighted by Crippen LogP contribution is 2.17. The minimum absolute atomic E-state index is 0.291. The summed E-state index contributed by atoms with van der Waals surface area (Å²) >= 11 is 4.76. The summed E-state index contributed by atoms with van der Waals surface area (Å²) in [5.74, 6) is 0.357. The smallest absolute Gasteiger partial charge is 0.289 e. The summed E-state index contributed by atoms with van der Waals surface area (Å²) in [5, 5.41) is 1.88. The minimum atomic E-state index is -0.608. The predicted molar refractivity (Wildman–Crippen MR) is 78.1 cm³/mol. The van der Waals surface area contributed by atoms with E-state index < -0.39 is 6.10 Å². The van der Waals surface area contributed by atoms with Crippen LogP contribution in [0.2, 0.25) is 0 Å². The van der Waals surface area contributed by atoms with Gasteiger partial charge in [-0.3, -0.25) is 4.79 Å². The first kappa shape index (κ1) is 14.0. The standard InChI is InChI=1S/C13H13BrN2O2S/c1-9(18-11-5-3-10(14)4-6-11)12(17)15-13-16(2)7-8-19-13/h3-9H,1-2H3. The Morgan fingerprint density at radius 2 is 2.11 bits per heavy atom. The molecule has 1 unspecified atom stereocenters. The molecule has 1 heterocycles. The molecular weight excluding hydrogens is 328 g/mol. The molecule has 6 heteroatoms. The molecule has 100 valence electrons. The van der Waals surface area contributed by atoms with Crippen molar-refractivity contribution in [3.05, 3.63) is 45.1 Å². The van der Waals surface area contributed by atoms with Gasteiger partial charge in [-0.25, -0.2) is 0 Å². The van der Waals surface area contributed by atoms with Crippen molar-refractivity contribution in [2.24, 2.45) is 12.0 Å². The van der Waals surface area contributed by atoms with Crippen LogP contribution in [-0.2, 0) is 11.8 Å². The van der Waals surface area contributed by atoms with Crippen LogP contribution < -0.4 is 9.54 Å². The van der Waals surface area contributed by atoms with E-state index in [4.69, 9.17) is 4.74 Å². The Labute approximate surface area is 123 Å². The fourth-order valence-electron chi connectivity index (χ4n) is 1.39. The Morgan fingerprint density at radius 1 is 1.42 bits per heavy atom. The van der Waals surface area contributed by atoms with Gasteiger partial charge in [0.25, 0.3) is 5.91 Å². The van der Waals surface area contributed by atoms with E-state index in [0.29, 0.717) is 10.6 Å². The summed E-state index contributed by atoms with van der Waals surface area (Å²) in [5.41, 5.74) is 0. The van der Waals surface area contributed by atoms with Crippen molar-refractivity contribution >= 4 is 33.2 Å². The molecule has 0 fully saturated rings. The Kier molecular flexibility index (Phi) is 4.55. The summed E-state index contributed by atoms with van der Waals surface area (Å²) in [6.45, 7) is 1.70. The molecule has 2 rings (SSSR count). The van der Waals surface area contributed by atoms with Crippen LogP contribution in [-0.4, -0.2) is 16.6 Å². The number of ether oxygens (including phenoxy) is 1. The number of amides is 1. The number of hydrogen-bond donors (Lipinski definition) is 0. The predicted octanol–water partition coefficient (Wildman–Crippen LogP) is 2.74.